The molecule has 1 aromatic carbocycles. The Morgan fingerprint density at radius 3 is 2.68 bits per heavy atom. The third-order valence-corrected chi connectivity index (χ3v) is 3.35. The van der Waals surface area contributed by atoms with Crippen molar-refractivity contribution in [2.45, 2.75) is 0 Å². The van der Waals surface area contributed by atoms with Crippen LogP contribution in [0.15, 0.2) is 54.9 Å². The van der Waals surface area contributed by atoms with Gasteiger partial charge in [0.15, 0.2) is 0 Å². The van der Waals surface area contributed by atoms with Crippen LogP contribution in [-0.4, -0.2) is 30.0 Å². The van der Waals surface area contributed by atoms with Crippen molar-refractivity contribution in [3.8, 4) is 0 Å². The van der Waals surface area contributed by atoms with Crippen molar-refractivity contribution in [1.82, 2.24) is 9.97 Å². The van der Waals surface area contributed by atoms with Gasteiger partial charge in [-0.1, -0.05) is 18.2 Å². The maximum Gasteiger partial charge on any atom is 0.255 e. The number of para-hydroxylation sites is 1. The highest BCUT2D eigenvalue weighted by molar-refractivity contribution is 6.08. The molecule has 0 atom stereocenters. The Hall–Kier alpha value is -2.95. The number of carbonyl (C=O) groups is 1. The zero-order valence-electron chi connectivity index (χ0n) is 12.4. The molecule has 0 aliphatic rings. The fourth-order valence-corrected chi connectivity index (χ4v) is 2.20. The lowest BCUT2D eigenvalue weighted by Gasteiger charge is -2.12. The zero-order valence-corrected chi connectivity index (χ0v) is 12.4. The summed E-state index contributed by atoms with van der Waals surface area (Å²) < 4.78 is 0. The maximum absolute atomic E-state index is 12.4. The van der Waals surface area contributed by atoms with E-state index in [4.69, 9.17) is 0 Å². The number of hydrogen-bond acceptors (Lipinski definition) is 4. The summed E-state index contributed by atoms with van der Waals surface area (Å²) in [6.45, 7) is 0. The predicted molar refractivity (Wildman–Crippen MR) is 88.3 cm³/mol. The molecule has 1 amide bonds. The minimum atomic E-state index is -0.177. The number of hydrogen-bond donors (Lipinski definition) is 1. The van der Waals surface area contributed by atoms with Crippen molar-refractivity contribution < 1.29 is 4.79 Å². The molecule has 0 spiro atoms. The molecule has 22 heavy (non-hydrogen) atoms. The lowest BCUT2D eigenvalue weighted by Crippen LogP contribution is -2.15. The number of fused-ring (bicyclic) bond motifs is 1. The molecule has 110 valence electrons. The summed E-state index contributed by atoms with van der Waals surface area (Å²) in [4.78, 5) is 22.9. The van der Waals surface area contributed by atoms with E-state index in [2.05, 4.69) is 15.3 Å². The fourth-order valence-electron chi connectivity index (χ4n) is 2.20. The Balaban J connectivity index is 1.92. The van der Waals surface area contributed by atoms with Gasteiger partial charge in [0, 0.05) is 37.4 Å². The summed E-state index contributed by atoms with van der Waals surface area (Å²) >= 11 is 0. The third kappa shape index (κ3) is 2.74. The van der Waals surface area contributed by atoms with Gasteiger partial charge in [0.2, 0.25) is 0 Å². The number of carbonyl (C=O) groups excluding carboxylic acids is 1. The maximum atomic E-state index is 12.4. The fraction of sp³-hybridized carbons (Fsp3) is 0.118. The van der Waals surface area contributed by atoms with Crippen LogP contribution in [0.4, 0.5) is 11.5 Å². The number of amides is 1. The average Bonchev–Trinajstić information content (AvgIpc) is 2.55. The largest absolute Gasteiger partial charge is 0.363 e. The molecule has 0 saturated heterocycles. The second kappa shape index (κ2) is 5.81. The van der Waals surface area contributed by atoms with Gasteiger partial charge in [-0.25, -0.2) is 4.98 Å². The Morgan fingerprint density at radius 1 is 1.05 bits per heavy atom. The van der Waals surface area contributed by atoms with Crippen LogP contribution >= 0.6 is 0 Å². The smallest absolute Gasteiger partial charge is 0.255 e. The van der Waals surface area contributed by atoms with Gasteiger partial charge in [0.05, 0.1) is 11.2 Å². The van der Waals surface area contributed by atoms with Gasteiger partial charge in [-0.3, -0.25) is 9.78 Å². The molecule has 0 saturated carbocycles. The van der Waals surface area contributed by atoms with Crippen LogP contribution in [0.1, 0.15) is 10.4 Å². The molecule has 0 fully saturated rings. The van der Waals surface area contributed by atoms with E-state index in [0.717, 1.165) is 16.7 Å². The number of pyridine rings is 2. The van der Waals surface area contributed by atoms with Crippen LogP contribution in [0, 0.1) is 0 Å². The van der Waals surface area contributed by atoms with Crippen molar-refractivity contribution in [2.75, 3.05) is 24.3 Å². The second-order valence-electron chi connectivity index (χ2n) is 5.13. The van der Waals surface area contributed by atoms with Gasteiger partial charge >= 0.3 is 0 Å². The molecule has 0 unspecified atom stereocenters. The topological polar surface area (TPSA) is 58.1 Å². The minimum Gasteiger partial charge on any atom is -0.363 e. The van der Waals surface area contributed by atoms with Crippen molar-refractivity contribution >= 4 is 28.3 Å². The molecule has 5 nitrogen and oxygen atoms in total. The number of anilines is 2. The van der Waals surface area contributed by atoms with E-state index < -0.39 is 0 Å². The van der Waals surface area contributed by atoms with Gasteiger partial charge in [0.1, 0.15) is 5.82 Å². The average molecular weight is 292 g/mol. The Labute approximate surface area is 128 Å². The molecule has 2 heterocycles. The molecule has 0 bridgehead atoms. The van der Waals surface area contributed by atoms with Crippen LogP contribution in [0.5, 0.6) is 0 Å². The molecule has 3 rings (SSSR count). The molecular weight excluding hydrogens is 276 g/mol. The quantitative estimate of drug-likeness (QED) is 0.806. The van der Waals surface area contributed by atoms with Crippen LogP contribution in [0.3, 0.4) is 0 Å². The minimum absolute atomic E-state index is 0.177. The molecular formula is C17H16N4O. The van der Waals surface area contributed by atoms with E-state index in [-0.39, 0.29) is 5.91 Å². The SMILES string of the molecule is CN(C)c1cc(C(=O)Nc2cccc3cccnc23)ccn1. The summed E-state index contributed by atoms with van der Waals surface area (Å²) in [5, 5.41) is 3.91. The summed E-state index contributed by atoms with van der Waals surface area (Å²) in [7, 11) is 3.78. The van der Waals surface area contributed by atoms with Gasteiger partial charge in [-0.05, 0) is 24.3 Å². The van der Waals surface area contributed by atoms with E-state index >= 15 is 0 Å². The number of benzene rings is 1. The first-order chi connectivity index (χ1) is 10.6. The van der Waals surface area contributed by atoms with Crippen LogP contribution in [0.2, 0.25) is 0 Å². The van der Waals surface area contributed by atoms with Crippen molar-refractivity contribution in [2.24, 2.45) is 0 Å². The molecule has 0 radical (unpaired) electrons. The number of aromatic nitrogens is 2. The highest BCUT2D eigenvalue weighted by atomic mass is 16.1. The van der Waals surface area contributed by atoms with Crippen molar-refractivity contribution in [1.29, 1.82) is 0 Å². The highest BCUT2D eigenvalue weighted by Gasteiger charge is 2.10. The van der Waals surface area contributed by atoms with E-state index in [1.807, 2.05) is 49.3 Å². The number of nitrogens with zero attached hydrogens (tertiary/aromatic N) is 3. The first-order valence-electron chi connectivity index (χ1n) is 6.93. The first-order valence-corrected chi connectivity index (χ1v) is 6.93. The van der Waals surface area contributed by atoms with Gasteiger partial charge in [-0.15, -0.1) is 0 Å². The van der Waals surface area contributed by atoms with Gasteiger partial charge in [0.25, 0.3) is 5.91 Å². The van der Waals surface area contributed by atoms with E-state index in [1.54, 1.807) is 24.5 Å². The summed E-state index contributed by atoms with van der Waals surface area (Å²) in [6, 6.07) is 13.0. The lowest BCUT2D eigenvalue weighted by molar-refractivity contribution is 0.102. The zero-order chi connectivity index (χ0) is 15.5. The molecule has 2 aromatic heterocycles. The normalized spacial score (nSPS) is 10.5. The Kier molecular flexibility index (Phi) is 3.70. The number of nitrogens with one attached hydrogen (secondary N) is 1. The lowest BCUT2D eigenvalue weighted by atomic mass is 10.1. The Morgan fingerprint density at radius 2 is 1.86 bits per heavy atom. The van der Waals surface area contributed by atoms with Crippen molar-refractivity contribution in [3.05, 3.63) is 60.4 Å². The van der Waals surface area contributed by atoms with Crippen LogP contribution < -0.4 is 10.2 Å². The van der Waals surface area contributed by atoms with Crippen LogP contribution in [0.25, 0.3) is 10.9 Å². The van der Waals surface area contributed by atoms with Crippen LogP contribution in [-0.2, 0) is 0 Å². The van der Waals surface area contributed by atoms with E-state index in [1.165, 1.54) is 0 Å². The first kappa shape index (κ1) is 14.0. The molecule has 5 heteroatoms. The van der Waals surface area contributed by atoms with Gasteiger partial charge in [-0.2, -0.15) is 0 Å². The molecule has 1 N–H and O–H groups in total. The summed E-state index contributed by atoms with van der Waals surface area (Å²) in [6.07, 6.45) is 3.35. The second-order valence-corrected chi connectivity index (χ2v) is 5.13. The predicted octanol–water partition coefficient (Wildman–Crippen LogP) is 2.95. The third-order valence-electron chi connectivity index (χ3n) is 3.35. The standard InChI is InChI=1S/C17H16N4O/c1-21(2)15-11-13(8-10-18-15)17(22)20-14-7-3-5-12-6-4-9-19-16(12)14/h3-11H,1-2H3,(H,20,22). The number of rotatable bonds is 3. The van der Waals surface area contributed by atoms with E-state index in [0.29, 0.717) is 11.3 Å². The summed E-state index contributed by atoms with van der Waals surface area (Å²) in [5.74, 6) is 0.562. The van der Waals surface area contributed by atoms with E-state index in [9.17, 15) is 4.79 Å². The van der Waals surface area contributed by atoms with Gasteiger partial charge < -0.3 is 10.2 Å². The molecule has 0 aliphatic carbocycles. The molecule has 3 aromatic rings. The molecule has 0 aliphatic heterocycles. The van der Waals surface area contributed by atoms with Crippen molar-refractivity contribution in [3.63, 3.8) is 0 Å². The monoisotopic (exact) mass is 292 g/mol. The highest BCUT2D eigenvalue weighted by Crippen LogP contribution is 2.21. The summed E-state index contributed by atoms with van der Waals surface area (Å²) in [5.41, 5.74) is 2.04. The Bertz CT molecular complexity index is 824.